The molecule has 0 aromatic carbocycles. The molecule has 3 heterocycles. The number of furan rings is 1. The summed E-state index contributed by atoms with van der Waals surface area (Å²) in [6, 6.07) is 7.78. The van der Waals surface area contributed by atoms with E-state index in [0.29, 0.717) is 18.3 Å². The van der Waals surface area contributed by atoms with Crippen LogP contribution in [0.2, 0.25) is 0 Å². The van der Waals surface area contributed by atoms with Gasteiger partial charge in [0.15, 0.2) is 0 Å². The second-order valence-electron chi connectivity index (χ2n) is 5.25. The van der Waals surface area contributed by atoms with Crippen LogP contribution in [0.4, 0.5) is 0 Å². The second-order valence-corrected chi connectivity index (χ2v) is 5.25. The minimum Gasteiger partial charge on any atom is -0.463 e. The van der Waals surface area contributed by atoms with Gasteiger partial charge in [0.2, 0.25) is 0 Å². The summed E-state index contributed by atoms with van der Waals surface area (Å²) in [5.74, 6) is 0.669. The van der Waals surface area contributed by atoms with Crippen molar-refractivity contribution >= 4 is 5.91 Å². The fourth-order valence-electron chi connectivity index (χ4n) is 2.65. The van der Waals surface area contributed by atoms with E-state index in [2.05, 4.69) is 22.2 Å². The molecule has 0 radical (unpaired) electrons. The molecule has 0 aliphatic carbocycles. The maximum Gasteiger partial charge on any atom is 0.267 e. The predicted molar refractivity (Wildman–Crippen MR) is 76.5 cm³/mol. The number of likely N-dealkylation sites (N-methyl/N-ethyl adjacent to an activating group) is 1. The van der Waals surface area contributed by atoms with E-state index in [-0.39, 0.29) is 5.91 Å². The molecule has 1 aliphatic rings. The van der Waals surface area contributed by atoms with Crippen molar-refractivity contribution in [1.82, 2.24) is 15.2 Å². The highest BCUT2D eigenvalue weighted by Crippen LogP contribution is 2.19. The third-order valence-electron chi connectivity index (χ3n) is 3.89. The number of carbonyl (C=O) groups is 1. The van der Waals surface area contributed by atoms with Crippen molar-refractivity contribution in [3.05, 3.63) is 36.2 Å². The molecule has 1 saturated heterocycles. The molecule has 1 fully saturated rings. The first-order valence-electron chi connectivity index (χ1n) is 6.95. The number of rotatable bonds is 4. The van der Waals surface area contributed by atoms with E-state index in [0.717, 1.165) is 24.4 Å². The smallest absolute Gasteiger partial charge is 0.267 e. The molecule has 0 spiro atoms. The van der Waals surface area contributed by atoms with Crippen molar-refractivity contribution in [3.8, 4) is 11.5 Å². The normalized spacial score (nSPS) is 19.4. The Morgan fingerprint density at radius 2 is 2.40 bits per heavy atom. The zero-order valence-corrected chi connectivity index (χ0v) is 11.6. The number of hydrogen-bond acceptors (Lipinski definition) is 3. The number of nitrogens with one attached hydrogen (secondary N) is 2. The average Bonchev–Trinajstić information content (AvgIpc) is 3.17. The number of likely N-dealkylation sites (tertiary alicyclic amines) is 1. The van der Waals surface area contributed by atoms with Gasteiger partial charge in [-0.25, -0.2) is 0 Å². The minimum absolute atomic E-state index is 0.0666. The first-order chi connectivity index (χ1) is 9.74. The number of aromatic nitrogens is 1. The molecule has 5 heteroatoms. The van der Waals surface area contributed by atoms with E-state index in [1.807, 2.05) is 18.2 Å². The van der Waals surface area contributed by atoms with Gasteiger partial charge in [-0.1, -0.05) is 0 Å². The first-order valence-corrected chi connectivity index (χ1v) is 6.95. The highest BCUT2D eigenvalue weighted by Gasteiger charge is 2.21. The molecule has 20 heavy (non-hydrogen) atoms. The van der Waals surface area contributed by atoms with E-state index in [9.17, 15) is 4.79 Å². The molecule has 2 N–H and O–H groups in total. The molecule has 3 rings (SSSR count). The maximum absolute atomic E-state index is 12.1. The number of aromatic amines is 1. The molecule has 2 aromatic heterocycles. The van der Waals surface area contributed by atoms with Crippen LogP contribution in [0.3, 0.4) is 0 Å². The van der Waals surface area contributed by atoms with Crippen LogP contribution in [0.15, 0.2) is 34.9 Å². The molecule has 1 amide bonds. The molecule has 1 atom stereocenters. The standard InChI is InChI=1S/C15H19N3O2/c1-18-8-2-4-11(18)10-16-15(19)13-7-6-12(17-13)14-5-3-9-20-14/h3,5-7,9,11,17H,2,4,8,10H2,1H3,(H,16,19)/t11-/m1/s1. The van der Waals surface area contributed by atoms with Gasteiger partial charge in [-0.05, 0) is 50.7 Å². The van der Waals surface area contributed by atoms with E-state index >= 15 is 0 Å². The van der Waals surface area contributed by atoms with Gasteiger partial charge in [0, 0.05) is 12.6 Å². The van der Waals surface area contributed by atoms with Crippen LogP contribution < -0.4 is 5.32 Å². The van der Waals surface area contributed by atoms with Gasteiger partial charge >= 0.3 is 0 Å². The minimum atomic E-state index is -0.0666. The second kappa shape index (κ2) is 5.54. The molecule has 5 nitrogen and oxygen atoms in total. The van der Waals surface area contributed by atoms with Crippen LogP contribution in [-0.4, -0.2) is 42.0 Å². The molecule has 106 valence electrons. The zero-order chi connectivity index (χ0) is 13.9. The lowest BCUT2D eigenvalue weighted by molar-refractivity contribution is 0.0939. The fraction of sp³-hybridized carbons (Fsp3) is 0.400. The van der Waals surface area contributed by atoms with Gasteiger partial charge in [0.05, 0.1) is 12.0 Å². The van der Waals surface area contributed by atoms with Gasteiger partial charge in [-0.15, -0.1) is 0 Å². The van der Waals surface area contributed by atoms with Crippen molar-refractivity contribution in [2.24, 2.45) is 0 Å². The number of hydrogen-bond donors (Lipinski definition) is 2. The van der Waals surface area contributed by atoms with Gasteiger partial charge < -0.3 is 19.6 Å². The SMILES string of the molecule is CN1CCC[C@@H]1CNC(=O)c1ccc(-c2ccco2)[nH]1. The molecule has 0 bridgehead atoms. The van der Waals surface area contributed by atoms with Crippen molar-refractivity contribution in [3.63, 3.8) is 0 Å². The monoisotopic (exact) mass is 273 g/mol. The summed E-state index contributed by atoms with van der Waals surface area (Å²) < 4.78 is 5.30. The van der Waals surface area contributed by atoms with Crippen LogP contribution >= 0.6 is 0 Å². The van der Waals surface area contributed by atoms with Gasteiger partial charge in [0.25, 0.3) is 5.91 Å². The molecule has 0 unspecified atom stereocenters. The Morgan fingerprint density at radius 3 is 3.10 bits per heavy atom. The van der Waals surface area contributed by atoms with Crippen molar-refractivity contribution in [2.75, 3.05) is 20.1 Å². The highest BCUT2D eigenvalue weighted by atomic mass is 16.3. The Bertz CT molecular complexity index is 574. The van der Waals surface area contributed by atoms with Crippen molar-refractivity contribution in [1.29, 1.82) is 0 Å². The van der Waals surface area contributed by atoms with Crippen LogP contribution in [0.1, 0.15) is 23.3 Å². The Morgan fingerprint density at radius 1 is 1.50 bits per heavy atom. The third kappa shape index (κ3) is 2.63. The Labute approximate surface area is 118 Å². The van der Waals surface area contributed by atoms with Crippen molar-refractivity contribution in [2.45, 2.75) is 18.9 Å². The molecule has 2 aromatic rings. The van der Waals surface area contributed by atoms with Gasteiger partial charge in [-0.2, -0.15) is 0 Å². The molecular formula is C15H19N3O2. The van der Waals surface area contributed by atoms with Gasteiger partial charge in [-0.3, -0.25) is 4.79 Å². The first kappa shape index (κ1) is 13.0. The lowest BCUT2D eigenvalue weighted by atomic mass is 10.2. The quantitative estimate of drug-likeness (QED) is 0.896. The summed E-state index contributed by atoms with van der Waals surface area (Å²) in [4.78, 5) is 17.5. The molecular weight excluding hydrogens is 254 g/mol. The number of carbonyl (C=O) groups excluding carboxylic acids is 1. The Kier molecular flexibility index (Phi) is 3.60. The summed E-state index contributed by atoms with van der Waals surface area (Å²) in [7, 11) is 2.10. The third-order valence-corrected chi connectivity index (χ3v) is 3.89. The lowest BCUT2D eigenvalue weighted by Gasteiger charge is -2.19. The Balaban J connectivity index is 1.60. The summed E-state index contributed by atoms with van der Waals surface area (Å²) in [6.07, 6.45) is 3.98. The summed E-state index contributed by atoms with van der Waals surface area (Å²) in [6.45, 7) is 1.82. The number of nitrogens with zero attached hydrogens (tertiary/aromatic N) is 1. The fourth-order valence-corrected chi connectivity index (χ4v) is 2.65. The summed E-state index contributed by atoms with van der Waals surface area (Å²) in [5.41, 5.74) is 1.38. The summed E-state index contributed by atoms with van der Waals surface area (Å²) >= 11 is 0. The maximum atomic E-state index is 12.1. The van der Waals surface area contributed by atoms with Gasteiger partial charge in [0.1, 0.15) is 11.5 Å². The topological polar surface area (TPSA) is 61.3 Å². The lowest BCUT2D eigenvalue weighted by Crippen LogP contribution is -2.38. The number of H-pyrrole nitrogens is 1. The van der Waals surface area contributed by atoms with Crippen LogP contribution in [0.5, 0.6) is 0 Å². The predicted octanol–water partition coefficient (Wildman–Crippen LogP) is 2.10. The van der Waals surface area contributed by atoms with E-state index in [4.69, 9.17) is 4.42 Å². The van der Waals surface area contributed by atoms with E-state index in [1.54, 1.807) is 12.3 Å². The zero-order valence-electron chi connectivity index (χ0n) is 11.6. The van der Waals surface area contributed by atoms with Crippen LogP contribution in [0, 0.1) is 0 Å². The largest absolute Gasteiger partial charge is 0.463 e. The van der Waals surface area contributed by atoms with Crippen molar-refractivity contribution < 1.29 is 9.21 Å². The molecule has 0 saturated carbocycles. The highest BCUT2D eigenvalue weighted by molar-refractivity contribution is 5.93. The van der Waals surface area contributed by atoms with E-state index < -0.39 is 0 Å². The van der Waals surface area contributed by atoms with Crippen LogP contribution in [0.25, 0.3) is 11.5 Å². The molecule has 1 aliphatic heterocycles. The number of amides is 1. The summed E-state index contributed by atoms with van der Waals surface area (Å²) in [5, 5.41) is 2.99. The average molecular weight is 273 g/mol. The Hall–Kier alpha value is -2.01. The van der Waals surface area contributed by atoms with Crippen LogP contribution in [-0.2, 0) is 0 Å². The van der Waals surface area contributed by atoms with E-state index in [1.165, 1.54) is 6.42 Å².